The average Bonchev–Trinajstić information content (AvgIpc) is 2.65. The Morgan fingerprint density at radius 1 is 0.567 bits per heavy atom. The van der Waals surface area contributed by atoms with E-state index in [4.69, 9.17) is 0 Å². The van der Waals surface area contributed by atoms with Crippen molar-refractivity contribution in [2.24, 2.45) is 0 Å². The van der Waals surface area contributed by atoms with Gasteiger partial charge in [-0.25, -0.2) is 0 Å². The lowest BCUT2D eigenvalue weighted by molar-refractivity contribution is 0.842. The number of rotatable bonds is 3. The Bertz CT molecular complexity index is 1150. The predicted octanol–water partition coefficient (Wildman–Crippen LogP) is 6.62. The van der Waals surface area contributed by atoms with Crippen molar-refractivity contribution in [3.63, 3.8) is 0 Å². The lowest BCUT2D eigenvalue weighted by Crippen LogP contribution is -2.34. The van der Waals surface area contributed by atoms with Gasteiger partial charge in [0.05, 0.1) is 0 Å². The Hall–Kier alpha value is -2.80. The summed E-state index contributed by atoms with van der Waals surface area (Å²) in [6, 6.07) is 24.9. The first-order valence-electron chi connectivity index (χ1n) is 10.9. The van der Waals surface area contributed by atoms with Crippen LogP contribution in [0.3, 0.4) is 0 Å². The molecule has 1 heteroatoms. The number of aryl methyl sites for hydroxylation is 6. The summed E-state index contributed by atoms with van der Waals surface area (Å²) in [5.74, 6) is 0. The zero-order valence-corrected chi connectivity index (χ0v) is 19.4. The van der Waals surface area contributed by atoms with Gasteiger partial charge in [0.2, 0.25) is 0 Å². The minimum Gasteiger partial charge on any atom is -0.0616 e. The van der Waals surface area contributed by atoms with Crippen LogP contribution in [0.15, 0.2) is 66.7 Å². The largest absolute Gasteiger partial charge is 0.126 e. The molecule has 0 atom stereocenters. The summed E-state index contributed by atoms with van der Waals surface area (Å²) in [5.41, 5.74) is 12.3. The van der Waals surface area contributed by atoms with E-state index >= 15 is 0 Å². The second kappa shape index (κ2) is 7.47. The quantitative estimate of drug-likeness (QED) is 0.273. The van der Waals surface area contributed by atoms with Crippen LogP contribution < -0.4 is 0 Å². The second-order valence-corrected chi connectivity index (χ2v) is 9.20. The fourth-order valence-corrected chi connectivity index (χ4v) is 5.99. The van der Waals surface area contributed by atoms with E-state index in [0.29, 0.717) is 0 Å². The van der Waals surface area contributed by atoms with E-state index in [9.17, 15) is 0 Å². The van der Waals surface area contributed by atoms with Gasteiger partial charge in [0.1, 0.15) is 7.85 Å². The summed E-state index contributed by atoms with van der Waals surface area (Å²) < 4.78 is 0. The molecule has 30 heavy (non-hydrogen) atoms. The van der Waals surface area contributed by atoms with E-state index in [1.54, 1.807) is 0 Å². The van der Waals surface area contributed by atoms with Crippen molar-refractivity contribution in [1.82, 2.24) is 0 Å². The Kier molecular flexibility index (Phi) is 5.10. The maximum absolute atomic E-state index is 2.43. The SMILES string of the molecule is BC(c1c(C)cc(C)cc1C)(c1c(C)cc(C)cc1C)c1cccc2ccccc12. The summed E-state index contributed by atoms with van der Waals surface area (Å²) in [6.45, 7) is 13.5. The Morgan fingerprint density at radius 3 is 1.50 bits per heavy atom. The van der Waals surface area contributed by atoms with Crippen LogP contribution in [0, 0.1) is 41.5 Å². The molecule has 0 spiro atoms. The Morgan fingerprint density at radius 2 is 1.00 bits per heavy atom. The van der Waals surface area contributed by atoms with E-state index in [-0.39, 0.29) is 5.31 Å². The van der Waals surface area contributed by atoms with Gasteiger partial charge in [0.15, 0.2) is 0 Å². The molecule has 0 saturated carbocycles. The summed E-state index contributed by atoms with van der Waals surface area (Å²) in [6.07, 6.45) is 0. The number of hydrogen-bond donors (Lipinski definition) is 0. The average molecular weight is 390 g/mol. The molecule has 0 aromatic heterocycles. The van der Waals surface area contributed by atoms with Crippen molar-refractivity contribution in [1.29, 1.82) is 0 Å². The number of fused-ring (bicyclic) bond motifs is 1. The van der Waals surface area contributed by atoms with Crippen LogP contribution in [0.4, 0.5) is 0 Å². The molecule has 4 aromatic rings. The van der Waals surface area contributed by atoms with Crippen LogP contribution >= 0.6 is 0 Å². The van der Waals surface area contributed by atoms with E-state index in [2.05, 4.69) is 116 Å². The molecule has 0 unspecified atom stereocenters. The molecule has 0 bridgehead atoms. The molecule has 150 valence electrons. The van der Waals surface area contributed by atoms with Gasteiger partial charge in [-0.3, -0.25) is 0 Å². The number of benzene rings is 4. The third kappa shape index (κ3) is 3.17. The molecule has 0 fully saturated rings. The second-order valence-electron chi connectivity index (χ2n) is 9.20. The smallest absolute Gasteiger partial charge is 0.0616 e. The first kappa shape index (κ1) is 20.5. The van der Waals surface area contributed by atoms with Gasteiger partial charge in [-0.1, -0.05) is 77.9 Å². The van der Waals surface area contributed by atoms with Crippen LogP contribution in [0.1, 0.15) is 50.1 Å². The van der Waals surface area contributed by atoms with Crippen LogP contribution in [-0.4, -0.2) is 7.85 Å². The van der Waals surface area contributed by atoms with Crippen molar-refractivity contribution < 1.29 is 0 Å². The Balaban J connectivity index is 2.21. The highest BCUT2D eigenvalue weighted by atomic mass is 14.4. The standard InChI is InChI=1S/C29H31B/c1-18-14-20(3)27(21(4)15-18)29(30,28-22(5)16-19(2)17-23(28)6)26-13-9-11-24-10-7-8-12-25(24)26/h7-17H,30H2,1-6H3. The maximum Gasteiger partial charge on any atom is 0.126 e. The van der Waals surface area contributed by atoms with Crippen LogP contribution in [0.2, 0.25) is 0 Å². The van der Waals surface area contributed by atoms with E-state index < -0.39 is 0 Å². The lowest BCUT2D eigenvalue weighted by Gasteiger charge is -2.38. The summed E-state index contributed by atoms with van der Waals surface area (Å²) in [7, 11) is 2.43. The monoisotopic (exact) mass is 390 g/mol. The lowest BCUT2D eigenvalue weighted by atomic mass is 9.52. The van der Waals surface area contributed by atoms with Gasteiger partial charge in [0.25, 0.3) is 0 Å². The van der Waals surface area contributed by atoms with Gasteiger partial charge in [0, 0.05) is 5.31 Å². The summed E-state index contributed by atoms with van der Waals surface area (Å²) >= 11 is 0. The Labute approximate surface area is 182 Å². The van der Waals surface area contributed by atoms with Crippen molar-refractivity contribution in [3.8, 4) is 0 Å². The molecule has 0 amide bonds. The van der Waals surface area contributed by atoms with E-state index in [1.807, 2.05) is 0 Å². The normalized spacial score (nSPS) is 11.8. The number of hydrogen-bond acceptors (Lipinski definition) is 0. The molecular weight excluding hydrogens is 359 g/mol. The molecule has 0 saturated heterocycles. The fraction of sp³-hybridized carbons (Fsp3) is 0.241. The molecule has 0 N–H and O–H groups in total. The maximum atomic E-state index is 2.43. The topological polar surface area (TPSA) is 0 Å². The molecule has 0 aliphatic carbocycles. The predicted molar refractivity (Wildman–Crippen MR) is 134 cm³/mol. The highest BCUT2D eigenvalue weighted by Gasteiger charge is 2.37. The minimum atomic E-state index is -0.245. The van der Waals surface area contributed by atoms with Gasteiger partial charge in [-0.05, 0) is 91.3 Å². The molecule has 0 heterocycles. The van der Waals surface area contributed by atoms with Gasteiger partial charge in [-0.15, -0.1) is 0 Å². The molecular formula is C29H31B. The molecule has 0 aliphatic rings. The summed E-state index contributed by atoms with van der Waals surface area (Å²) in [5, 5.41) is 2.39. The van der Waals surface area contributed by atoms with Crippen LogP contribution in [-0.2, 0) is 5.31 Å². The fourth-order valence-electron chi connectivity index (χ4n) is 5.99. The molecule has 4 aromatic carbocycles. The van der Waals surface area contributed by atoms with Gasteiger partial charge >= 0.3 is 0 Å². The van der Waals surface area contributed by atoms with Crippen LogP contribution in [0.5, 0.6) is 0 Å². The molecule has 0 nitrogen and oxygen atoms in total. The highest BCUT2D eigenvalue weighted by molar-refractivity contribution is 6.23. The first-order chi connectivity index (χ1) is 14.2. The summed E-state index contributed by atoms with van der Waals surface area (Å²) in [4.78, 5) is 0. The zero-order chi connectivity index (χ0) is 21.6. The van der Waals surface area contributed by atoms with Gasteiger partial charge in [-0.2, -0.15) is 0 Å². The van der Waals surface area contributed by atoms with E-state index in [1.165, 1.54) is 60.8 Å². The zero-order valence-electron chi connectivity index (χ0n) is 19.4. The third-order valence-corrected chi connectivity index (χ3v) is 6.68. The van der Waals surface area contributed by atoms with Crippen LogP contribution in [0.25, 0.3) is 10.8 Å². The van der Waals surface area contributed by atoms with Crippen molar-refractivity contribution in [2.45, 2.75) is 46.9 Å². The first-order valence-corrected chi connectivity index (χ1v) is 10.9. The van der Waals surface area contributed by atoms with Gasteiger partial charge < -0.3 is 0 Å². The molecule has 0 aliphatic heterocycles. The minimum absolute atomic E-state index is 0.245. The van der Waals surface area contributed by atoms with Crippen molar-refractivity contribution >= 4 is 18.6 Å². The van der Waals surface area contributed by atoms with E-state index in [0.717, 1.165) is 0 Å². The molecule has 0 radical (unpaired) electrons. The third-order valence-electron chi connectivity index (χ3n) is 6.68. The van der Waals surface area contributed by atoms with Crippen molar-refractivity contribution in [3.05, 3.63) is 117 Å². The molecule has 4 rings (SSSR count). The highest BCUT2D eigenvalue weighted by Crippen LogP contribution is 2.45. The van der Waals surface area contributed by atoms with Crippen molar-refractivity contribution in [2.75, 3.05) is 0 Å².